The molecule has 108 valence electrons. The molecule has 2 rings (SSSR count). The Bertz CT molecular complexity index is 634. The van der Waals surface area contributed by atoms with Gasteiger partial charge in [0.15, 0.2) is 5.82 Å². The second-order valence-corrected chi connectivity index (χ2v) is 8.89. The van der Waals surface area contributed by atoms with Crippen molar-refractivity contribution < 1.29 is 16.8 Å². The number of aryl methyl sites for hydroxylation is 1. The van der Waals surface area contributed by atoms with Crippen LogP contribution in [0.1, 0.15) is 25.5 Å². The molecule has 0 atom stereocenters. The molecule has 0 amide bonds. The van der Waals surface area contributed by atoms with Gasteiger partial charge in [0.1, 0.15) is 9.84 Å². The number of hydrogen-bond donors (Lipinski definition) is 2. The normalized spacial score (nSPS) is 20.3. The van der Waals surface area contributed by atoms with Gasteiger partial charge >= 0.3 is 0 Å². The summed E-state index contributed by atoms with van der Waals surface area (Å²) in [4.78, 5) is 0. The number of nitrogens with one attached hydrogen (secondary N) is 2. The van der Waals surface area contributed by atoms with Crippen LogP contribution in [-0.2, 0) is 26.3 Å². The van der Waals surface area contributed by atoms with E-state index in [1.807, 2.05) is 6.92 Å². The zero-order chi connectivity index (χ0) is 14.1. The van der Waals surface area contributed by atoms with Gasteiger partial charge in [-0.25, -0.2) is 16.8 Å². The van der Waals surface area contributed by atoms with Crippen molar-refractivity contribution in [2.75, 3.05) is 16.2 Å². The first-order valence-electron chi connectivity index (χ1n) is 6.09. The molecule has 0 unspecified atom stereocenters. The molecule has 0 aliphatic carbocycles. The molecule has 1 aliphatic rings. The van der Waals surface area contributed by atoms with Crippen LogP contribution in [0.4, 0.5) is 5.82 Å². The van der Waals surface area contributed by atoms with E-state index in [9.17, 15) is 16.8 Å². The average Bonchev–Trinajstić information content (AvgIpc) is 2.75. The highest BCUT2D eigenvalue weighted by Gasteiger charge is 2.33. The maximum Gasteiger partial charge on any atom is 0.236 e. The smallest absolute Gasteiger partial charge is 0.236 e. The molecule has 0 aromatic carbocycles. The molecule has 9 heteroatoms. The van der Waals surface area contributed by atoms with Gasteiger partial charge in [-0.1, -0.05) is 6.92 Å². The van der Waals surface area contributed by atoms with Crippen molar-refractivity contribution in [3.8, 4) is 0 Å². The van der Waals surface area contributed by atoms with Crippen LogP contribution < -0.4 is 4.72 Å². The van der Waals surface area contributed by atoms with E-state index in [1.165, 1.54) is 0 Å². The molecule has 1 aliphatic heterocycles. The highest BCUT2D eigenvalue weighted by molar-refractivity contribution is 7.94. The Labute approximate surface area is 112 Å². The zero-order valence-electron chi connectivity index (χ0n) is 10.6. The molecule has 0 radical (unpaired) electrons. The fourth-order valence-electron chi connectivity index (χ4n) is 2.00. The van der Waals surface area contributed by atoms with E-state index in [4.69, 9.17) is 0 Å². The molecule has 1 saturated heterocycles. The first-order valence-corrected chi connectivity index (χ1v) is 9.45. The van der Waals surface area contributed by atoms with Gasteiger partial charge < -0.3 is 0 Å². The molecule has 7 nitrogen and oxygen atoms in total. The van der Waals surface area contributed by atoms with Crippen LogP contribution in [0, 0.1) is 0 Å². The van der Waals surface area contributed by atoms with Crippen LogP contribution in [-0.4, -0.2) is 43.8 Å². The predicted octanol–water partition coefficient (Wildman–Crippen LogP) is 0.291. The molecule has 0 bridgehead atoms. The lowest BCUT2D eigenvalue weighted by Crippen LogP contribution is -2.36. The third kappa shape index (κ3) is 3.47. The number of anilines is 1. The summed E-state index contributed by atoms with van der Waals surface area (Å²) in [6, 6.07) is 1.64. The number of sulfonamides is 1. The van der Waals surface area contributed by atoms with Crippen LogP contribution in [0.25, 0.3) is 0 Å². The predicted molar refractivity (Wildman–Crippen MR) is 72.2 cm³/mol. The third-order valence-electron chi connectivity index (χ3n) is 3.20. The van der Waals surface area contributed by atoms with Crippen LogP contribution in [0.5, 0.6) is 0 Å². The summed E-state index contributed by atoms with van der Waals surface area (Å²) in [5.74, 6) is 0.115. The Morgan fingerprint density at radius 3 is 2.58 bits per heavy atom. The Morgan fingerprint density at radius 2 is 2.05 bits per heavy atom. The summed E-state index contributed by atoms with van der Waals surface area (Å²) in [6.07, 6.45) is 1.02. The second-order valence-electron chi connectivity index (χ2n) is 4.63. The Kier molecular flexibility index (Phi) is 3.86. The largest absolute Gasteiger partial charge is 0.280 e. The van der Waals surface area contributed by atoms with Gasteiger partial charge in [0.05, 0.1) is 16.8 Å². The summed E-state index contributed by atoms with van der Waals surface area (Å²) in [7, 11) is -6.64. The van der Waals surface area contributed by atoms with Gasteiger partial charge in [0, 0.05) is 11.8 Å². The first-order chi connectivity index (χ1) is 8.82. The summed E-state index contributed by atoms with van der Waals surface area (Å²) in [5, 5.41) is 5.91. The van der Waals surface area contributed by atoms with E-state index < -0.39 is 25.1 Å². The standard InChI is InChI=1S/C10H17N3O4S2/c1-2-8-7-10(12-11-8)13-19(16,17)9-3-5-18(14,15)6-4-9/h7,9H,2-6H2,1H3,(H2,11,12,13). The van der Waals surface area contributed by atoms with Gasteiger partial charge in [-0.05, 0) is 19.3 Å². The quantitative estimate of drug-likeness (QED) is 0.831. The summed E-state index contributed by atoms with van der Waals surface area (Å²) >= 11 is 0. The molecule has 19 heavy (non-hydrogen) atoms. The number of aromatic nitrogens is 2. The second kappa shape index (κ2) is 5.12. The van der Waals surface area contributed by atoms with Gasteiger partial charge in [0.2, 0.25) is 10.0 Å². The molecule has 0 spiro atoms. The maximum absolute atomic E-state index is 12.1. The van der Waals surface area contributed by atoms with Crippen molar-refractivity contribution in [3.05, 3.63) is 11.8 Å². The van der Waals surface area contributed by atoms with E-state index in [1.54, 1.807) is 6.07 Å². The lowest BCUT2D eigenvalue weighted by molar-refractivity contribution is 0.555. The molecule has 1 aromatic heterocycles. The summed E-state index contributed by atoms with van der Waals surface area (Å²) < 4.78 is 49.2. The maximum atomic E-state index is 12.1. The van der Waals surface area contributed by atoms with Gasteiger partial charge in [-0.2, -0.15) is 5.10 Å². The minimum atomic E-state index is -3.58. The molecule has 1 fully saturated rings. The Morgan fingerprint density at radius 1 is 1.42 bits per heavy atom. The fraction of sp³-hybridized carbons (Fsp3) is 0.700. The number of H-pyrrole nitrogens is 1. The third-order valence-corrected chi connectivity index (χ3v) is 6.76. The van der Waals surface area contributed by atoms with E-state index in [2.05, 4.69) is 14.9 Å². The SMILES string of the molecule is CCc1cc(NS(=O)(=O)C2CCS(=O)(=O)CC2)n[nH]1. The van der Waals surface area contributed by atoms with Crippen molar-refractivity contribution in [2.45, 2.75) is 31.4 Å². The number of aromatic amines is 1. The van der Waals surface area contributed by atoms with E-state index in [0.717, 1.165) is 12.1 Å². The van der Waals surface area contributed by atoms with Crippen LogP contribution in [0.15, 0.2) is 6.07 Å². The molecule has 1 aromatic rings. The first kappa shape index (κ1) is 14.3. The van der Waals surface area contributed by atoms with Crippen molar-refractivity contribution in [3.63, 3.8) is 0 Å². The topological polar surface area (TPSA) is 109 Å². The minimum Gasteiger partial charge on any atom is -0.280 e. The van der Waals surface area contributed by atoms with Crippen LogP contribution in [0.3, 0.4) is 0 Å². The van der Waals surface area contributed by atoms with Crippen molar-refractivity contribution in [2.24, 2.45) is 0 Å². The number of rotatable bonds is 4. The van der Waals surface area contributed by atoms with Gasteiger partial charge in [-0.15, -0.1) is 0 Å². The van der Waals surface area contributed by atoms with Gasteiger partial charge in [-0.3, -0.25) is 9.82 Å². The molecule has 2 N–H and O–H groups in total. The molecule has 0 saturated carbocycles. The number of sulfone groups is 1. The fourth-order valence-corrected chi connectivity index (χ4v) is 5.21. The Balaban J connectivity index is 2.06. The monoisotopic (exact) mass is 307 g/mol. The Hall–Kier alpha value is -1.09. The number of hydrogen-bond acceptors (Lipinski definition) is 5. The zero-order valence-corrected chi connectivity index (χ0v) is 12.2. The lowest BCUT2D eigenvalue weighted by Gasteiger charge is -2.21. The van der Waals surface area contributed by atoms with Crippen molar-refractivity contribution >= 4 is 25.7 Å². The summed E-state index contributed by atoms with van der Waals surface area (Å²) in [5.41, 5.74) is 0.837. The lowest BCUT2D eigenvalue weighted by atomic mass is 10.2. The van der Waals surface area contributed by atoms with Gasteiger partial charge in [0.25, 0.3) is 0 Å². The van der Waals surface area contributed by atoms with Crippen LogP contribution in [0.2, 0.25) is 0 Å². The van der Waals surface area contributed by atoms with E-state index in [0.29, 0.717) is 0 Å². The summed E-state index contributed by atoms with van der Waals surface area (Å²) in [6.45, 7) is 1.93. The minimum absolute atomic E-state index is 0.0701. The average molecular weight is 307 g/mol. The number of nitrogens with zero attached hydrogens (tertiary/aromatic N) is 1. The van der Waals surface area contributed by atoms with E-state index >= 15 is 0 Å². The van der Waals surface area contributed by atoms with Crippen molar-refractivity contribution in [1.29, 1.82) is 0 Å². The van der Waals surface area contributed by atoms with Crippen molar-refractivity contribution in [1.82, 2.24) is 10.2 Å². The highest BCUT2D eigenvalue weighted by atomic mass is 32.2. The van der Waals surface area contributed by atoms with E-state index in [-0.39, 0.29) is 30.2 Å². The van der Waals surface area contributed by atoms with Crippen LogP contribution >= 0.6 is 0 Å². The molecule has 2 heterocycles. The molecular weight excluding hydrogens is 290 g/mol. The molecular formula is C10H17N3O4S2. The highest BCUT2D eigenvalue weighted by Crippen LogP contribution is 2.21.